The van der Waals surface area contributed by atoms with Gasteiger partial charge in [-0.05, 0) is 25.7 Å². The molecule has 0 aromatic rings. The van der Waals surface area contributed by atoms with E-state index in [2.05, 4.69) is 12.2 Å². The fraction of sp³-hybridized carbons (Fsp3) is 0.900. The second kappa shape index (κ2) is 3.66. The Kier molecular flexibility index (Phi) is 2.54. The molecule has 1 N–H and O–H groups in total. The van der Waals surface area contributed by atoms with Crippen LogP contribution >= 0.6 is 0 Å². The van der Waals surface area contributed by atoms with E-state index in [1.165, 1.54) is 12.8 Å². The second-order valence-electron chi connectivity index (χ2n) is 4.35. The third-order valence-corrected chi connectivity index (χ3v) is 2.85. The Bertz CT molecular complexity index is 201. The zero-order chi connectivity index (χ0) is 9.26. The Balaban J connectivity index is 1.91. The quantitative estimate of drug-likeness (QED) is 0.678. The van der Waals surface area contributed by atoms with E-state index < -0.39 is 0 Å². The molecule has 1 amide bonds. The highest BCUT2D eigenvalue weighted by Gasteiger charge is 2.28. The van der Waals surface area contributed by atoms with Crippen LogP contribution in [0.15, 0.2) is 0 Å². The first kappa shape index (κ1) is 9.00. The van der Waals surface area contributed by atoms with Gasteiger partial charge in [0.1, 0.15) is 0 Å². The van der Waals surface area contributed by atoms with E-state index in [-0.39, 0.29) is 0 Å². The summed E-state index contributed by atoms with van der Waals surface area (Å²) in [5.41, 5.74) is 0. The summed E-state index contributed by atoms with van der Waals surface area (Å²) < 4.78 is 0. The van der Waals surface area contributed by atoms with Crippen LogP contribution in [0.25, 0.3) is 0 Å². The molecule has 1 aliphatic heterocycles. The summed E-state index contributed by atoms with van der Waals surface area (Å²) in [7, 11) is 0. The largest absolute Gasteiger partial charge is 0.341 e. The molecule has 74 valence electrons. The van der Waals surface area contributed by atoms with Crippen LogP contribution in [0.1, 0.15) is 26.2 Å². The van der Waals surface area contributed by atoms with Crippen molar-refractivity contribution in [3.63, 3.8) is 0 Å². The van der Waals surface area contributed by atoms with Crippen LogP contribution < -0.4 is 5.32 Å². The average molecular weight is 182 g/mol. The molecule has 0 spiro atoms. The van der Waals surface area contributed by atoms with Gasteiger partial charge in [0.2, 0.25) is 5.91 Å². The van der Waals surface area contributed by atoms with Gasteiger partial charge in [-0.3, -0.25) is 4.79 Å². The normalized spacial score (nSPS) is 30.4. The summed E-state index contributed by atoms with van der Waals surface area (Å²) in [4.78, 5) is 13.7. The molecular weight excluding hydrogens is 164 g/mol. The summed E-state index contributed by atoms with van der Waals surface area (Å²) in [6.45, 7) is 4.90. The van der Waals surface area contributed by atoms with Gasteiger partial charge in [0.05, 0.1) is 0 Å². The van der Waals surface area contributed by atoms with Crippen LogP contribution in [-0.2, 0) is 4.79 Å². The zero-order valence-electron chi connectivity index (χ0n) is 8.25. The first-order valence-corrected chi connectivity index (χ1v) is 5.27. The van der Waals surface area contributed by atoms with Gasteiger partial charge in [-0.1, -0.05) is 0 Å². The molecule has 1 aliphatic carbocycles. The van der Waals surface area contributed by atoms with Gasteiger partial charge >= 0.3 is 0 Å². The van der Waals surface area contributed by atoms with Crippen LogP contribution in [0.3, 0.4) is 0 Å². The molecule has 13 heavy (non-hydrogen) atoms. The minimum absolute atomic E-state index is 0.337. The molecule has 3 nitrogen and oxygen atoms in total. The molecular formula is C10H18N2O. The van der Waals surface area contributed by atoms with Crippen molar-refractivity contribution < 1.29 is 4.79 Å². The Labute approximate surface area is 79.5 Å². The van der Waals surface area contributed by atoms with E-state index in [4.69, 9.17) is 0 Å². The Morgan fingerprint density at radius 1 is 1.54 bits per heavy atom. The maximum absolute atomic E-state index is 11.6. The summed E-state index contributed by atoms with van der Waals surface area (Å²) >= 11 is 0. The minimum atomic E-state index is 0.337. The van der Waals surface area contributed by atoms with Crippen molar-refractivity contribution >= 4 is 5.91 Å². The topological polar surface area (TPSA) is 32.3 Å². The lowest BCUT2D eigenvalue weighted by Crippen LogP contribution is -2.38. The van der Waals surface area contributed by atoms with Crippen molar-refractivity contribution in [2.24, 2.45) is 5.92 Å². The van der Waals surface area contributed by atoms with Gasteiger partial charge < -0.3 is 10.2 Å². The highest BCUT2D eigenvalue weighted by Crippen LogP contribution is 2.30. The van der Waals surface area contributed by atoms with Gasteiger partial charge in [0.15, 0.2) is 0 Å². The molecule has 2 aliphatic rings. The van der Waals surface area contributed by atoms with Crippen LogP contribution in [0, 0.1) is 5.92 Å². The molecule has 0 bridgehead atoms. The maximum atomic E-state index is 11.6. The predicted molar refractivity (Wildman–Crippen MR) is 51.4 cm³/mol. The highest BCUT2D eigenvalue weighted by atomic mass is 16.2. The summed E-state index contributed by atoms with van der Waals surface area (Å²) in [5, 5.41) is 3.34. The number of rotatable bonds is 2. The number of amides is 1. The number of hydrogen-bond donors (Lipinski definition) is 1. The van der Waals surface area contributed by atoms with Crippen molar-refractivity contribution in [2.45, 2.75) is 32.2 Å². The summed E-state index contributed by atoms with van der Waals surface area (Å²) in [5.74, 6) is 1.15. The molecule has 2 rings (SSSR count). The van der Waals surface area contributed by atoms with E-state index in [1.54, 1.807) is 0 Å². The Hall–Kier alpha value is -0.570. The van der Waals surface area contributed by atoms with Crippen molar-refractivity contribution in [1.29, 1.82) is 0 Å². The lowest BCUT2D eigenvalue weighted by Gasteiger charge is -2.22. The smallest absolute Gasteiger partial charge is 0.223 e. The maximum Gasteiger partial charge on any atom is 0.223 e. The van der Waals surface area contributed by atoms with E-state index in [0.717, 1.165) is 25.6 Å². The van der Waals surface area contributed by atoms with Crippen LogP contribution in [0.4, 0.5) is 0 Å². The SMILES string of the molecule is CC1CN(CC2CC2)C(=O)CCN1. The number of hydrogen-bond acceptors (Lipinski definition) is 2. The Morgan fingerprint density at radius 2 is 2.31 bits per heavy atom. The molecule has 2 fully saturated rings. The molecule has 0 aromatic carbocycles. The van der Waals surface area contributed by atoms with E-state index in [9.17, 15) is 4.79 Å². The van der Waals surface area contributed by atoms with Gasteiger partial charge in [0.25, 0.3) is 0 Å². The van der Waals surface area contributed by atoms with E-state index in [0.29, 0.717) is 18.4 Å². The molecule has 1 saturated carbocycles. The fourth-order valence-electron chi connectivity index (χ4n) is 1.87. The third-order valence-electron chi connectivity index (χ3n) is 2.85. The predicted octanol–water partition coefficient (Wildman–Crippen LogP) is 0.607. The molecule has 0 radical (unpaired) electrons. The van der Waals surface area contributed by atoms with E-state index in [1.807, 2.05) is 4.90 Å². The first-order valence-electron chi connectivity index (χ1n) is 5.27. The van der Waals surface area contributed by atoms with Crippen molar-refractivity contribution in [2.75, 3.05) is 19.6 Å². The molecule has 1 atom stereocenters. The summed E-state index contributed by atoms with van der Waals surface area (Å²) in [6, 6.07) is 0.463. The highest BCUT2D eigenvalue weighted by molar-refractivity contribution is 5.76. The van der Waals surface area contributed by atoms with Crippen LogP contribution in [-0.4, -0.2) is 36.5 Å². The number of nitrogens with one attached hydrogen (secondary N) is 1. The molecule has 1 saturated heterocycles. The first-order chi connectivity index (χ1) is 6.25. The Morgan fingerprint density at radius 3 is 3.00 bits per heavy atom. The minimum Gasteiger partial charge on any atom is -0.341 e. The second-order valence-corrected chi connectivity index (χ2v) is 4.35. The van der Waals surface area contributed by atoms with Crippen LogP contribution in [0.5, 0.6) is 0 Å². The molecule has 1 heterocycles. The number of carbonyl (C=O) groups excluding carboxylic acids is 1. The standard InChI is InChI=1S/C10H18N2O/c1-8-6-12(7-9-2-3-9)10(13)4-5-11-8/h8-9,11H,2-7H2,1H3. The van der Waals surface area contributed by atoms with Gasteiger partial charge in [0, 0.05) is 32.1 Å². The average Bonchev–Trinajstić information content (AvgIpc) is 2.86. The summed E-state index contributed by atoms with van der Waals surface area (Å²) in [6.07, 6.45) is 3.33. The van der Waals surface area contributed by atoms with Crippen molar-refractivity contribution in [1.82, 2.24) is 10.2 Å². The van der Waals surface area contributed by atoms with Crippen molar-refractivity contribution in [3.8, 4) is 0 Å². The van der Waals surface area contributed by atoms with Crippen molar-refractivity contribution in [3.05, 3.63) is 0 Å². The van der Waals surface area contributed by atoms with Gasteiger partial charge in [-0.2, -0.15) is 0 Å². The number of nitrogens with zero attached hydrogens (tertiary/aromatic N) is 1. The van der Waals surface area contributed by atoms with Gasteiger partial charge in [-0.25, -0.2) is 0 Å². The lowest BCUT2D eigenvalue weighted by atomic mass is 10.3. The lowest BCUT2D eigenvalue weighted by molar-refractivity contribution is -0.130. The fourth-order valence-corrected chi connectivity index (χ4v) is 1.87. The molecule has 3 heteroatoms. The van der Waals surface area contributed by atoms with Gasteiger partial charge in [-0.15, -0.1) is 0 Å². The zero-order valence-corrected chi connectivity index (χ0v) is 8.25. The third kappa shape index (κ3) is 2.44. The molecule has 1 unspecified atom stereocenters. The number of carbonyl (C=O) groups is 1. The molecule has 0 aromatic heterocycles. The van der Waals surface area contributed by atoms with Crippen LogP contribution in [0.2, 0.25) is 0 Å². The van der Waals surface area contributed by atoms with E-state index >= 15 is 0 Å². The monoisotopic (exact) mass is 182 g/mol.